The molecule has 0 aromatic rings. The highest BCUT2D eigenvalue weighted by atomic mass is 35.7. The van der Waals surface area contributed by atoms with Crippen molar-refractivity contribution in [2.24, 2.45) is 0 Å². The van der Waals surface area contributed by atoms with Crippen LogP contribution in [0.25, 0.3) is 0 Å². The molecule has 1 heterocycles. The van der Waals surface area contributed by atoms with Gasteiger partial charge in [0.05, 0.1) is 13.2 Å². The number of hydrogen-bond acceptors (Lipinski definition) is 3. The van der Waals surface area contributed by atoms with Gasteiger partial charge in [0, 0.05) is 17.7 Å². The number of rotatable bonds is 2. The van der Waals surface area contributed by atoms with E-state index in [-0.39, 0.29) is 19.6 Å². The van der Waals surface area contributed by atoms with Gasteiger partial charge in [-0.1, -0.05) is 6.08 Å². The highest BCUT2D eigenvalue weighted by Crippen LogP contribution is 2.57. The number of allylic oxidation sites excluding steroid dienone is 1. The van der Waals surface area contributed by atoms with Crippen molar-refractivity contribution < 1.29 is 18.0 Å². The molecular weight excluding hydrogens is 205 g/mol. The van der Waals surface area contributed by atoms with Gasteiger partial charge >= 0.3 is 6.95 Å². The molecule has 6 heteroatoms. The highest BCUT2D eigenvalue weighted by Gasteiger charge is 2.40. The van der Waals surface area contributed by atoms with Gasteiger partial charge < -0.3 is 0 Å². The Hall–Kier alpha value is 0.110. The van der Waals surface area contributed by atoms with Crippen LogP contribution in [0.3, 0.4) is 0 Å². The van der Waals surface area contributed by atoms with E-state index in [4.69, 9.17) is 11.2 Å². The molecule has 0 saturated carbocycles. The monoisotopic (exact) mass is 214 g/mol. The Bertz CT molecular complexity index is 221. The van der Waals surface area contributed by atoms with Crippen LogP contribution in [0.4, 0.5) is 4.39 Å². The second-order valence-electron chi connectivity index (χ2n) is 2.62. The lowest BCUT2D eigenvalue weighted by atomic mass is 10.1. The minimum absolute atomic E-state index is 0.101. The predicted octanol–water partition coefficient (Wildman–Crippen LogP) is 2.66. The van der Waals surface area contributed by atoms with Crippen molar-refractivity contribution in [3.63, 3.8) is 0 Å². The Labute approximate surface area is 74.8 Å². The van der Waals surface area contributed by atoms with Crippen molar-refractivity contribution in [2.75, 3.05) is 13.2 Å². The van der Waals surface area contributed by atoms with E-state index in [1.54, 1.807) is 0 Å². The number of halogens is 2. The van der Waals surface area contributed by atoms with Crippen molar-refractivity contribution in [1.82, 2.24) is 0 Å². The third kappa shape index (κ3) is 2.56. The van der Waals surface area contributed by atoms with Crippen molar-refractivity contribution in [3.8, 4) is 0 Å². The zero-order valence-electron chi connectivity index (χ0n) is 6.33. The average Bonchev–Trinajstić information content (AvgIpc) is 1.98. The first-order valence-electron chi connectivity index (χ1n) is 3.36. The molecule has 12 heavy (non-hydrogen) atoms. The van der Waals surface area contributed by atoms with E-state index in [1.165, 1.54) is 6.08 Å². The molecule has 0 aromatic heterocycles. The fourth-order valence-corrected chi connectivity index (χ4v) is 1.98. The molecule has 1 saturated heterocycles. The summed E-state index contributed by atoms with van der Waals surface area (Å²) in [6, 6.07) is 0. The zero-order valence-corrected chi connectivity index (χ0v) is 7.98. The first-order valence-corrected chi connectivity index (χ1v) is 5.81. The van der Waals surface area contributed by atoms with E-state index in [0.29, 0.717) is 0 Å². The maximum absolute atomic E-state index is 13.4. The SMILES string of the molecule is C=CCC1(F)COP(=O)(Cl)OC1. The topological polar surface area (TPSA) is 35.5 Å². The molecule has 1 rings (SSSR count). The van der Waals surface area contributed by atoms with Crippen LogP contribution in [-0.4, -0.2) is 18.9 Å². The summed E-state index contributed by atoms with van der Waals surface area (Å²) in [7, 11) is 0. The lowest BCUT2D eigenvalue weighted by Gasteiger charge is -2.30. The van der Waals surface area contributed by atoms with E-state index in [0.717, 1.165) is 0 Å². The van der Waals surface area contributed by atoms with E-state index in [1.807, 2.05) is 0 Å². The van der Waals surface area contributed by atoms with Crippen molar-refractivity contribution >= 4 is 18.2 Å². The lowest BCUT2D eigenvalue weighted by molar-refractivity contribution is -0.00487. The van der Waals surface area contributed by atoms with Gasteiger partial charge in [-0.25, -0.2) is 8.96 Å². The minimum Gasteiger partial charge on any atom is -0.293 e. The molecule has 0 bridgehead atoms. The van der Waals surface area contributed by atoms with Crippen molar-refractivity contribution in [1.29, 1.82) is 0 Å². The molecule has 0 radical (unpaired) electrons. The molecule has 0 amide bonds. The maximum Gasteiger partial charge on any atom is 0.424 e. The fourth-order valence-electron chi connectivity index (χ4n) is 0.841. The summed E-state index contributed by atoms with van der Waals surface area (Å²) in [4.78, 5) is 0. The van der Waals surface area contributed by atoms with Crippen molar-refractivity contribution in [3.05, 3.63) is 12.7 Å². The zero-order chi connectivity index (χ0) is 9.24. The van der Waals surface area contributed by atoms with Gasteiger partial charge in [-0.15, -0.1) is 6.58 Å². The Kier molecular flexibility index (Phi) is 2.94. The Balaban J connectivity index is 2.55. The van der Waals surface area contributed by atoms with E-state index in [9.17, 15) is 8.96 Å². The minimum atomic E-state index is -3.49. The van der Waals surface area contributed by atoms with Gasteiger partial charge in [-0.2, -0.15) is 0 Å². The Morgan fingerprint density at radius 1 is 1.67 bits per heavy atom. The molecule has 1 aliphatic rings. The number of alkyl halides is 1. The van der Waals surface area contributed by atoms with Crippen LogP contribution in [0.15, 0.2) is 12.7 Å². The predicted molar refractivity (Wildman–Crippen MR) is 44.0 cm³/mol. The molecule has 70 valence electrons. The van der Waals surface area contributed by atoms with Crippen molar-refractivity contribution in [2.45, 2.75) is 12.1 Å². The Morgan fingerprint density at radius 2 is 2.17 bits per heavy atom. The summed E-state index contributed by atoms with van der Waals surface area (Å²) >= 11 is 5.22. The third-order valence-electron chi connectivity index (χ3n) is 1.47. The molecular formula is C6H9ClFO3P. The maximum atomic E-state index is 13.4. The van der Waals surface area contributed by atoms with Crippen LogP contribution in [0.5, 0.6) is 0 Å². The van der Waals surface area contributed by atoms with Crippen LogP contribution in [0, 0.1) is 0 Å². The molecule has 0 spiro atoms. The van der Waals surface area contributed by atoms with Gasteiger partial charge in [-0.05, 0) is 0 Å². The first-order chi connectivity index (χ1) is 5.47. The number of hydrogen-bond donors (Lipinski definition) is 0. The largest absolute Gasteiger partial charge is 0.424 e. The standard InChI is InChI=1S/C6H9ClFO3P/c1-2-3-6(8)4-10-12(7,9)11-5-6/h2H,1,3-5H2. The van der Waals surface area contributed by atoms with E-state index in [2.05, 4.69) is 15.6 Å². The smallest absolute Gasteiger partial charge is 0.293 e. The Morgan fingerprint density at radius 3 is 2.58 bits per heavy atom. The molecule has 3 nitrogen and oxygen atoms in total. The fraction of sp³-hybridized carbons (Fsp3) is 0.667. The van der Waals surface area contributed by atoms with Crippen LogP contribution in [0.2, 0.25) is 0 Å². The summed E-state index contributed by atoms with van der Waals surface area (Å²) in [5.41, 5.74) is -1.63. The summed E-state index contributed by atoms with van der Waals surface area (Å²) in [6.07, 6.45) is 1.51. The van der Waals surface area contributed by atoms with Crippen LogP contribution < -0.4 is 0 Å². The van der Waals surface area contributed by atoms with E-state index >= 15 is 0 Å². The molecule has 0 atom stereocenters. The highest BCUT2D eigenvalue weighted by molar-refractivity contribution is 7.81. The normalized spacial score (nSPS) is 42.5. The first kappa shape index (κ1) is 10.2. The summed E-state index contributed by atoms with van der Waals surface area (Å²) in [5, 5.41) is 0. The van der Waals surface area contributed by atoms with Gasteiger partial charge in [0.1, 0.15) is 0 Å². The quantitative estimate of drug-likeness (QED) is 0.524. The molecule has 0 N–H and O–H groups in total. The molecule has 0 unspecified atom stereocenters. The third-order valence-corrected chi connectivity index (χ3v) is 2.93. The molecule has 0 aliphatic carbocycles. The summed E-state index contributed by atoms with van der Waals surface area (Å²) < 4.78 is 33.3. The second kappa shape index (κ2) is 3.46. The van der Waals surface area contributed by atoms with Crippen LogP contribution >= 0.6 is 18.2 Å². The van der Waals surface area contributed by atoms with Gasteiger partial charge in [0.15, 0.2) is 5.67 Å². The van der Waals surface area contributed by atoms with Gasteiger partial charge in [0.25, 0.3) is 0 Å². The molecule has 0 aromatic carbocycles. The van der Waals surface area contributed by atoms with Crippen LogP contribution in [-0.2, 0) is 13.6 Å². The van der Waals surface area contributed by atoms with Crippen LogP contribution in [0.1, 0.15) is 6.42 Å². The molecule has 1 aliphatic heterocycles. The van der Waals surface area contributed by atoms with Gasteiger partial charge in [-0.3, -0.25) is 9.05 Å². The lowest BCUT2D eigenvalue weighted by Crippen LogP contribution is -2.36. The average molecular weight is 215 g/mol. The second-order valence-corrected chi connectivity index (χ2v) is 5.24. The summed E-state index contributed by atoms with van der Waals surface area (Å²) in [6.45, 7) is -0.721. The summed E-state index contributed by atoms with van der Waals surface area (Å²) in [5.74, 6) is 0. The van der Waals surface area contributed by atoms with Gasteiger partial charge in [0.2, 0.25) is 0 Å². The molecule has 1 fully saturated rings. The van der Waals surface area contributed by atoms with E-state index < -0.39 is 12.6 Å².